The predicted molar refractivity (Wildman–Crippen MR) is 106 cm³/mol. The van der Waals surface area contributed by atoms with Crippen molar-refractivity contribution in [3.8, 4) is 0 Å². The highest BCUT2D eigenvalue weighted by Gasteiger charge is 2.31. The van der Waals surface area contributed by atoms with Crippen molar-refractivity contribution in [3.63, 3.8) is 0 Å². The number of nitrogens with zero attached hydrogens (tertiary/aromatic N) is 3. The molecule has 0 aliphatic carbocycles. The van der Waals surface area contributed by atoms with Crippen LogP contribution in [0.1, 0.15) is 32.0 Å². The van der Waals surface area contributed by atoms with E-state index in [4.69, 9.17) is 16.3 Å². The second kappa shape index (κ2) is 7.29. The van der Waals surface area contributed by atoms with Crippen molar-refractivity contribution in [1.82, 2.24) is 14.7 Å². The van der Waals surface area contributed by atoms with E-state index in [0.717, 1.165) is 5.69 Å². The monoisotopic (exact) mass is 426 g/mol. The van der Waals surface area contributed by atoms with Gasteiger partial charge in [0.15, 0.2) is 0 Å². The number of fused-ring (bicyclic) bond motifs is 1. The molecule has 1 aliphatic heterocycles. The second-order valence-electron chi connectivity index (χ2n) is 7.61. The number of hydrogen-bond donors (Lipinski definition) is 1. The topological polar surface area (TPSA) is 93.5 Å². The summed E-state index contributed by atoms with van der Waals surface area (Å²) in [6.07, 6.45) is 0.0824. The van der Waals surface area contributed by atoms with E-state index in [1.165, 1.54) is 28.9 Å². The first kappa shape index (κ1) is 20.5. The summed E-state index contributed by atoms with van der Waals surface area (Å²) in [6.45, 7) is 6.08. The quantitative estimate of drug-likeness (QED) is 0.813. The van der Waals surface area contributed by atoms with Crippen molar-refractivity contribution < 1.29 is 17.9 Å². The van der Waals surface area contributed by atoms with Gasteiger partial charge in [0, 0.05) is 30.6 Å². The predicted octanol–water partition coefficient (Wildman–Crippen LogP) is 3.17. The molecule has 8 nitrogen and oxygen atoms in total. The maximum Gasteiger partial charge on any atom is 0.410 e. The molecule has 10 heteroatoms. The number of halogens is 1. The standard InChI is InChI=1S/C18H23ClN4O4S/c1-18(2,3)27-17(24)23-10-9-15-14(11-23)16(22(4)20-15)21-28(25,26)13-7-5-12(19)6-8-13/h5-8,21H,9-11H2,1-4H3. The molecule has 0 saturated carbocycles. The molecule has 0 bridgehead atoms. The van der Waals surface area contributed by atoms with Crippen LogP contribution in [0.2, 0.25) is 5.02 Å². The van der Waals surface area contributed by atoms with Crippen LogP contribution in [0.5, 0.6) is 0 Å². The van der Waals surface area contributed by atoms with Gasteiger partial charge in [-0.3, -0.25) is 9.40 Å². The Morgan fingerprint density at radius 2 is 1.89 bits per heavy atom. The number of carbonyl (C=O) groups is 1. The van der Waals surface area contributed by atoms with Gasteiger partial charge in [-0.05, 0) is 45.0 Å². The van der Waals surface area contributed by atoms with Crippen molar-refractivity contribution >= 4 is 33.5 Å². The van der Waals surface area contributed by atoms with E-state index in [2.05, 4.69) is 9.82 Å². The van der Waals surface area contributed by atoms with Gasteiger partial charge >= 0.3 is 6.09 Å². The summed E-state index contributed by atoms with van der Waals surface area (Å²) in [7, 11) is -2.16. The normalized spacial score (nSPS) is 14.5. The number of carbonyl (C=O) groups excluding carboxylic acids is 1. The first-order valence-corrected chi connectivity index (χ1v) is 10.6. The van der Waals surface area contributed by atoms with Crippen molar-refractivity contribution in [2.75, 3.05) is 11.3 Å². The SMILES string of the molecule is Cn1nc2c(c1NS(=O)(=O)c1ccc(Cl)cc1)CN(C(=O)OC(C)(C)C)CC2. The smallest absolute Gasteiger partial charge is 0.410 e. The Kier molecular flexibility index (Phi) is 5.33. The maximum atomic E-state index is 12.8. The largest absolute Gasteiger partial charge is 0.444 e. The second-order valence-corrected chi connectivity index (χ2v) is 9.73. The molecule has 1 aliphatic rings. The Labute approximate surface area is 169 Å². The molecule has 0 fully saturated rings. The fourth-order valence-corrected chi connectivity index (χ4v) is 4.16. The van der Waals surface area contributed by atoms with Crippen molar-refractivity contribution in [2.24, 2.45) is 7.05 Å². The lowest BCUT2D eigenvalue weighted by Crippen LogP contribution is -2.40. The van der Waals surface area contributed by atoms with Gasteiger partial charge in [0.25, 0.3) is 10.0 Å². The van der Waals surface area contributed by atoms with Gasteiger partial charge < -0.3 is 9.64 Å². The molecule has 2 aromatic rings. The molecule has 152 valence electrons. The number of benzene rings is 1. The van der Waals surface area contributed by atoms with Crippen LogP contribution in [-0.4, -0.2) is 41.3 Å². The lowest BCUT2D eigenvalue weighted by Gasteiger charge is -2.29. The Balaban J connectivity index is 1.86. The van der Waals surface area contributed by atoms with Gasteiger partial charge in [-0.2, -0.15) is 5.10 Å². The van der Waals surface area contributed by atoms with Gasteiger partial charge in [0.05, 0.1) is 17.1 Å². The molecule has 1 aromatic carbocycles. The molecule has 1 aromatic heterocycles. The molecule has 2 heterocycles. The van der Waals surface area contributed by atoms with Crippen LogP contribution >= 0.6 is 11.6 Å². The summed E-state index contributed by atoms with van der Waals surface area (Å²) in [5.41, 5.74) is 0.818. The van der Waals surface area contributed by atoms with Gasteiger partial charge in [-0.25, -0.2) is 13.2 Å². The van der Waals surface area contributed by atoms with Crippen molar-refractivity contribution in [3.05, 3.63) is 40.5 Å². The number of aromatic nitrogens is 2. The van der Waals surface area contributed by atoms with E-state index in [9.17, 15) is 13.2 Å². The zero-order valence-electron chi connectivity index (χ0n) is 16.2. The Hall–Kier alpha value is -2.26. The fourth-order valence-electron chi connectivity index (χ4n) is 2.91. The molecule has 0 atom stereocenters. The van der Waals surface area contributed by atoms with Crippen molar-refractivity contribution in [2.45, 2.75) is 44.2 Å². The van der Waals surface area contributed by atoms with Gasteiger partial charge in [0.2, 0.25) is 0 Å². The number of amides is 1. The minimum absolute atomic E-state index is 0.0895. The summed E-state index contributed by atoms with van der Waals surface area (Å²) in [4.78, 5) is 14.0. The van der Waals surface area contributed by atoms with Crippen LogP contribution in [0.25, 0.3) is 0 Å². The molecule has 0 unspecified atom stereocenters. The highest BCUT2D eigenvalue weighted by molar-refractivity contribution is 7.92. The van der Waals surface area contributed by atoms with E-state index in [1.54, 1.807) is 32.7 Å². The highest BCUT2D eigenvalue weighted by atomic mass is 35.5. The Bertz CT molecular complexity index is 994. The first-order chi connectivity index (χ1) is 13.0. The average Bonchev–Trinajstić information content (AvgIpc) is 2.88. The first-order valence-electron chi connectivity index (χ1n) is 8.77. The van der Waals surface area contributed by atoms with Gasteiger partial charge in [-0.15, -0.1) is 0 Å². The number of hydrogen-bond acceptors (Lipinski definition) is 5. The van der Waals surface area contributed by atoms with E-state index < -0.39 is 21.7 Å². The summed E-state index contributed by atoms with van der Waals surface area (Å²) in [6, 6.07) is 5.89. The van der Waals surface area contributed by atoms with Crippen LogP contribution in [0, 0.1) is 0 Å². The number of ether oxygens (including phenoxy) is 1. The molecule has 1 amide bonds. The van der Waals surface area contributed by atoms with Gasteiger partial charge in [0.1, 0.15) is 11.4 Å². The molecule has 0 spiro atoms. The van der Waals surface area contributed by atoms with E-state index in [-0.39, 0.29) is 11.4 Å². The lowest BCUT2D eigenvalue weighted by molar-refractivity contribution is 0.0224. The van der Waals surface area contributed by atoms with Crippen LogP contribution in [0.3, 0.4) is 0 Å². The van der Waals surface area contributed by atoms with Crippen LogP contribution in [-0.2, 0) is 34.8 Å². The fraction of sp³-hybridized carbons (Fsp3) is 0.444. The molecular formula is C18H23ClN4O4S. The summed E-state index contributed by atoms with van der Waals surface area (Å²) in [5, 5.41) is 4.85. The summed E-state index contributed by atoms with van der Waals surface area (Å²) >= 11 is 5.84. The third-order valence-electron chi connectivity index (χ3n) is 4.20. The minimum atomic E-state index is -3.83. The Morgan fingerprint density at radius 1 is 1.25 bits per heavy atom. The molecular weight excluding hydrogens is 404 g/mol. The van der Waals surface area contributed by atoms with E-state index in [1.807, 2.05) is 0 Å². The zero-order chi connectivity index (χ0) is 20.7. The molecule has 3 rings (SSSR count). The molecule has 1 N–H and O–H groups in total. The van der Waals surface area contributed by atoms with E-state index in [0.29, 0.717) is 29.4 Å². The number of rotatable bonds is 3. The highest BCUT2D eigenvalue weighted by Crippen LogP contribution is 2.29. The zero-order valence-corrected chi connectivity index (χ0v) is 17.8. The van der Waals surface area contributed by atoms with E-state index >= 15 is 0 Å². The minimum Gasteiger partial charge on any atom is -0.444 e. The third-order valence-corrected chi connectivity index (χ3v) is 5.81. The van der Waals surface area contributed by atoms with Crippen molar-refractivity contribution in [1.29, 1.82) is 0 Å². The maximum absolute atomic E-state index is 12.8. The number of sulfonamides is 1. The number of anilines is 1. The number of aryl methyl sites for hydroxylation is 1. The van der Waals surface area contributed by atoms with Crippen LogP contribution < -0.4 is 4.72 Å². The van der Waals surface area contributed by atoms with Crippen LogP contribution in [0.4, 0.5) is 10.6 Å². The molecule has 0 radical (unpaired) electrons. The average molecular weight is 427 g/mol. The lowest BCUT2D eigenvalue weighted by atomic mass is 10.1. The van der Waals surface area contributed by atoms with Gasteiger partial charge in [-0.1, -0.05) is 11.6 Å². The van der Waals surface area contributed by atoms with Crippen LogP contribution in [0.15, 0.2) is 29.2 Å². The summed E-state index contributed by atoms with van der Waals surface area (Å²) in [5.74, 6) is 0.332. The molecule has 0 saturated heterocycles. The summed E-state index contributed by atoms with van der Waals surface area (Å²) < 4.78 is 35.0. The Morgan fingerprint density at radius 3 is 2.50 bits per heavy atom. The molecule has 28 heavy (non-hydrogen) atoms. The number of nitrogens with one attached hydrogen (secondary N) is 1. The third kappa shape index (κ3) is 4.41.